The molecule has 1 aromatic rings. The first-order valence-corrected chi connectivity index (χ1v) is 8.70. The Morgan fingerprint density at radius 2 is 2.29 bits per heavy atom. The average molecular weight is 315 g/mol. The predicted molar refractivity (Wildman–Crippen MR) is 77.8 cm³/mol. The predicted octanol–water partition coefficient (Wildman–Crippen LogP) is 0.363. The Kier molecular flexibility index (Phi) is 4.38. The first kappa shape index (κ1) is 16.0. The van der Waals surface area contributed by atoms with E-state index in [1.807, 2.05) is 27.1 Å². The Labute approximate surface area is 124 Å². The standard InChI is InChI=1S/C13H21N3O4S/c1-9-12(6-15(3)14-9)10(2)16(7-13(17)18)11-4-5-21(19,20)8-11/h6,10-11H,4-5,7-8H2,1-3H3,(H,17,18). The van der Waals surface area contributed by atoms with Gasteiger partial charge in [-0.25, -0.2) is 8.42 Å². The van der Waals surface area contributed by atoms with Gasteiger partial charge >= 0.3 is 5.97 Å². The van der Waals surface area contributed by atoms with E-state index in [2.05, 4.69) is 5.10 Å². The number of rotatable bonds is 5. The van der Waals surface area contributed by atoms with Gasteiger partial charge in [0.2, 0.25) is 0 Å². The number of aromatic nitrogens is 2. The molecule has 1 N–H and O–H groups in total. The van der Waals surface area contributed by atoms with Crippen LogP contribution in [0.1, 0.15) is 30.6 Å². The van der Waals surface area contributed by atoms with Crippen molar-refractivity contribution in [2.75, 3.05) is 18.1 Å². The van der Waals surface area contributed by atoms with Crippen LogP contribution >= 0.6 is 0 Å². The van der Waals surface area contributed by atoms with E-state index in [9.17, 15) is 13.2 Å². The van der Waals surface area contributed by atoms with Crippen LogP contribution in [0.25, 0.3) is 0 Å². The van der Waals surface area contributed by atoms with E-state index in [-0.39, 0.29) is 30.1 Å². The number of carbonyl (C=O) groups is 1. The summed E-state index contributed by atoms with van der Waals surface area (Å²) in [7, 11) is -1.24. The van der Waals surface area contributed by atoms with Crippen molar-refractivity contribution in [3.63, 3.8) is 0 Å². The van der Waals surface area contributed by atoms with Crippen LogP contribution in [0.3, 0.4) is 0 Å². The van der Waals surface area contributed by atoms with Crippen molar-refractivity contribution in [2.24, 2.45) is 7.05 Å². The molecule has 1 aliphatic rings. The number of carboxylic acids is 1. The molecule has 0 bridgehead atoms. The van der Waals surface area contributed by atoms with Crippen LogP contribution in [0.4, 0.5) is 0 Å². The molecular weight excluding hydrogens is 294 g/mol. The van der Waals surface area contributed by atoms with E-state index in [0.29, 0.717) is 6.42 Å². The number of aryl methyl sites for hydroxylation is 2. The van der Waals surface area contributed by atoms with Crippen molar-refractivity contribution in [3.05, 3.63) is 17.5 Å². The Morgan fingerprint density at radius 1 is 1.62 bits per heavy atom. The van der Waals surface area contributed by atoms with E-state index in [4.69, 9.17) is 5.11 Å². The monoisotopic (exact) mass is 315 g/mol. The SMILES string of the molecule is Cc1nn(C)cc1C(C)N(CC(=O)O)C1CCS(=O)(=O)C1. The molecule has 0 spiro atoms. The molecule has 2 unspecified atom stereocenters. The third-order valence-electron chi connectivity index (χ3n) is 3.99. The topological polar surface area (TPSA) is 92.5 Å². The van der Waals surface area contributed by atoms with Crippen LogP contribution in [0.15, 0.2) is 6.20 Å². The number of sulfone groups is 1. The van der Waals surface area contributed by atoms with E-state index in [1.54, 1.807) is 9.58 Å². The zero-order valence-electron chi connectivity index (χ0n) is 12.5. The zero-order valence-corrected chi connectivity index (χ0v) is 13.3. The number of hydrogen-bond donors (Lipinski definition) is 1. The van der Waals surface area contributed by atoms with Crippen molar-refractivity contribution in [2.45, 2.75) is 32.4 Å². The highest BCUT2D eigenvalue weighted by molar-refractivity contribution is 7.91. The summed E-state index contributed by atoms with van der Waals surface area (Å²) in [6, 6.07) is -0.436. The van der Waals surface area contributed by atoms with E-state index in [0.717, 1.165) is 11.3 Å². The average Bonchev–Trinajstić information content (AvgIpc) is 2.87. The lowest BCUT2D eigenvalue weighted by Crippen LogP contribution is -2.41. The van der Waals surface area contributed by atoms with Gasteiger partial charge in [-0.1, -0.05) is 0 Å². The number of hydrogen-bond acceptors (Lipinski definition) is 5. The molecule has 21 heavy (non-hydrogen) atoms. The maximum Gasteiger partial charge on any atom is 0.317 e. The van der Waals surface area contributed by atoms with Gasteiger partial charge in [-0.2, -0.15) is 5.10 Å². The first-order valence-electron chi connectivity index (χ1n) is 6.87. The molecule has 0 saturated carbocycles. The molecule has 0 aromatic carbocycles. The lowest BCUT2D eigenvalue weighted by atomic mass is 10.1. The van der Waals surface area contributed by atoms with E-state index >= 15 is 0 Å². The minimum absolute atomic E-state index is 0.0317. The molecule has 118 valence electrons. The molecule has 0 amide bonds. The fraction of sp³-hybridized carbons (Fsp3) is 0.692. The quantitative estimate of drug-likeness (QED) is 0.843. The van der Waals surface area contributed by atoms with Gasteiger partial charge in [0, 0.05) is 30.9 Å². The van der Waals surface area contributed by atoms with E-state index in [1.165, 1.54) is 0 Å². The molecule has 1 aliphatic heterocycles. The lowest BCUT2D eigenvalue weighted by Gasteiger charge is -2.32. The molecule has 0 radical (unpaired) electrons. The van der Waals surface area contributed by atoms with Crippen molar-refractivity contribution in [1.82, 2.24) is 14.7 Å². The molecule has 2 rings (SSSR count). The summed E-state index contributed by atoms with van der Waals surface area (Å²) in [5.41, 5.74) is 1.77. The summed E-state index contributed by atoms with van der Waals surface area (Å²) in [4.78, 5) is 12.9. The fourth-order valence-corrected chi connectivity index (χ4v) is 4.72. The minimum atomic E-state index is -3.05. The normalized spacial score (nSPS) is 22.6. The maximum absolute atomic E-state index is 11.7. The molecule has 0 aliphatic carbocycles. The van der Waals surface area contributed by atoms with Crippen molar-refractivity contribution >= 4 is 15.8 Å². The molecule has 1 fully saturated rings. The Bertz CT molecular complexity index is 638. The smallest absolute Gasteiger partial charge is 0.317 e. The summed E-state index contributed by atoms with van der Waals surface area (Å²) < 4.78 is 25.0. The van der Waals surface area contributed by atoms with Gasteiger partial charge in [0.05, 0.1) is 23.7 Å². The van der Waals surface area contributed by atoms with Gasteiger partial charge < -0.3 is 5.11 Å². The van der Waals surface area contributed by atoms with Gasteiger partial charge in [-0.3, -0.25) is 14.4 Å². The van der Waals surface area contributed by atoms with Gasteiger partial charge in [0.1, 0.15) is 0 Å². The summed E-state index contributed by atoms with van der Waals surface area (Å²) in [5, 5.41) is 13.4. The van der Waals surface area contributed by atoms with Crippen molar-refractivity contribution in [1.29, 1.82) is 0 Å². The number of carboxylic acid groups (broad SMARTS) is 1. The molecule has 8 heteroatoms. The van der Waals surface area contributed by atoms with Crippen LogP contribution in [0.5, 0.6) is 0 Å². The summed E-state index contributed by atoms with van der Waals surface area (Å²) >= 11 is 0. The van der Waals surface area contributed by atoms with Crippen LogP contribution in [0, 0.1) is 6.92 Å². The highest BCUT2D eigenvalue weighted by Gasteiger charge is 2.36. The summed E-state index contributed by atoms with van der Waals surface area (Å²) in [5.74, 6) is -0.788. The largest absolute Gasteiger partial charge is 0.480 e. The van der Waals surface area contributed by atoms with Crippen molar-refractivity contribution < 1.29 is 18.3 Å². The Hall–Kier alpha value is -1.41. The van der Waals surface area contributed by atoms with Crippen LogP contribution in [-0.4, -0.2) is 58.3 Å². The number of aliphatic carboxylic acids is 1. The lowest BCUT2D eigenvalue weighted by molar-refractivity contribution is -0.139. The first-order chi connectivity index (χ1) is 9.69. The highest BCUT2D eigenvalue weighted by Crippen LogP contribution is 2.28. The van der Waals surface area contributed by atoms with Crippen LogP contribution < -0.4 is 0 Å². The van der Waals surface area contributed by atoms with Crippen molar-refractivity contribution in [3.8, 4) is 0 Å². The highest BCUT2D eigenvalue weighted by atomic mass is 32.2. The molecule has 7 nitrogen and oxygen atoms in total. The second-order valence-electron chi connectivity index (χ2n) is 5.64. The van der Waals surface area contributed by atoms with Crippen LogP contribution in [-0.2, 0) is 21.7 Å². The van der Waals surface area contributed by atoms with Gasteiger partial charge in [0.25, 0.3) is 0 Å². The number of nitrogens with zero attached hydrogens (tertiary/aromatic N) is 3. The van der Waals surface area contributed by atoms with Crippen LogP contribution in [0.2, 0.25) is 0 Å². The molecular formula is C13H21N3O4S. The zero-order chi connectivity index (χ0) is 15.8. The molecule has 1 saturated heterocycles. The maximum atomic E-state index is 11.7. The third kappa shape index (κ3) is 3.62. The summed E-state index contributed by atoms with van der Waals surface area (Å²) in [6.45, 7) is 3.60. The second-order valence-corrected chi connectivity index (χ2v) is 7.87. The Balaban J connectivity index is 2.27. The fourth-order valence-electron chi connectivity index (χ4n) is 2.98. The molecule has 2 atom stereocenters. The molecule has 2 heterocycles. The second kappa shape index (κ2) is 5.76. The van der Waals surface area contributed by atoms with E-state index < -0.39 is 15.8 Å². The van der Waals surface area contributed by atoms with Gasteiger partial charge in [0.15, 0.2) is 9.84 Å². The minimum Gasteiger partial charge on any atom is -0.480 e. The summed E-state index contributed by atoms with van der Waals surface area (Å²) in [6.07, 6.45) is 2.34. The third-order valence-corrected chi connectivity index (χ3v) is 5.74. The van der Waals surface area contributed by atoms with Gasteiger partial charge in [-0.15, -0.1) is 0 Å². The van der Waals surface area contributed by atoms with Gasteiger partial charge in [-0.05, 0) is 20.3 Å². The molecule has 1 aromatic heterocycles. The Morgan fingerprint density at radius 3 is 2.71 bits per heavy atom.